The largest absolute Gasteiger partial charge is 0.744 e. The van der Waals surface area contributed by atoms with Gasteiger partial charge in [-0.2, -0.15) is 0 Å². The monoisotopic (exact) mass is 568 g/mol. The third-order valence-corrected chi connectivity index (χ3v) is 9.55. The molecule has 6 aromatic rings. The Morgan fingerprint density at radius 1 is 0.641 bits per heavy atom. The molecule has 7 heteroatoms. The normalized spacial score (nSPS) is 11.4. The van der Waals surface area contributed by atoms with Crippen molar-refractivity contribution in [1.82, 2.24) is 0 Å². The molecule has 0 aliphatic heterocycles. The molecule has 194 valence electrons. The molecule has 0 saturated carbocycles. The number of para-hydroxylation sites is 1. The highest BCUT2D eigenvalue weighted by molar-refractivity contribution is 7.97. The summed E-state index contributed by atoms with van der Waals surface area (Å²) in [6.07, 6.45) is 0. The highest BCUT2D eigenvalue weighted by Crippen LogP contribution is 2.34. The summed E-state index contributed by atoms with van der Waals surface area (Å²) in [5, 5.41) is 1.98. The standard InChI is InChI=1S/C25H17OS2.C7H8O3S/c27-25-21-13-7-8-14-23(21)26-24-16-15-20(17-22(24)25)28(18-9-3-1-4-10-18)19-11-5-2-6-12-19;1-6-2-4-7(5-3-6)11(8,9)10/h1-17H;2-5H,1H3,(H,8,9,10)/q+1;/p-1. The highest BCUT2D eigenvalue weighted by atomic mass is 32.2. The minimum atomic E-state index is -4.27. The quantitative estimate of drug-likeness (QED) is 0.0926. The van der Waals surface area contributed by atoms with Gasteiger partial charge >= 0.3 is 0 Å². The van der Waals surface area contributed by atoms with Gasteiger partial charge in [0.05, 0.1) is 20.3 Å². The number of benzene rings is 5. The van der Waals surface area contributed by atoms with E-state index in [1.165, 1.54) is 26.8 Å². The van der Waals surface area contributed by atoms with E-state index in [9.17, 15) is 13.0 Å². The lowest BCUT2D eigenvalue weighted by atomic mass is 10.1. The van der Waals surface area contributed by atoms with Gasteiger partial charge in [0, 0.05) is 16.8 Å². The minimum absolute atomic E-state index is 0.178. The Labute approximate surface area is 235 Å². The maximum absolute atomic E-state index is 10.4. The van der Waals surface area contributed by atoms with Gasteiger partial charge in [-0.1, -0.05) is 78.4 Å². The number of hydrogen-bond donors (Lipinski definition) is 0. The van der Waals surface area contributed by atoms with Gasteiger partial charge in [0.1, 0.15) is 21.3 Å². The van der Waals surface area contributed by atoms with E-state index in [0.29, 0.717) is 0 Å². The zero-order chi connectivity index (χ0) is 27.4. The van der Waals surface area contributed by atoms with Crippen LogP contribution in [0.1, 0.15) is 5.56 Å². The SMILES string of the molecule is Cc1ccc(S(=O)(=O)[O-])cc1.S=c1c2ccccc2oc2ccc([S+](c3ccccc3)c3ccccc3)cc12. The molecule has 0 spiro atoms. The van der Waals surface area contributed by atoms with Crippen molar-refractivity contribution in [1.29, 1.82) is 0 Å². The van der Waals surface area contributed by atoms with Crippen molar-refractivity contribution in [2.24, 2.45) is 0 Å². The molecule has 0 bridgehead atoms. The average molecular weight is 569 g/mol. The number of rotatable bonds is 4. The smallest absolute Gasteiger partial charge is 0.167 e. The van der Waals surface area contributed by atoms with E-state index < -0.39 is 10.1 Å². The molecule has 6 rings (SSSR count). The summed E-state index contributed by atoms with van der Waals surface area (Å²) in [6.45, 7) is 1.82. The first-order valence-electron chi connectivity index (χ1n) is 12.1. The van der Waals surface area contributed by atoms with E-state index in [4.69, 9.17) is 16.6 Å². The van der Waals surface area contributed by atoms with Crippen LogP contribution in [0, 0.1) is 11.4 Å². The van der Waals surface area contributed by atoms with Crippen LogP contribution >= 0.6 is 12.2 Å². The fourth-order valence-electron chi connectivity index (χ4n) is 4.14. The van der Waals surface area contributed by atoms with Crippen LogP contribution in [0.15, 0.2) is 151 Å². The lowest BCUT2D eigenvalue weighted by Gasteiger charge is -2.09. The van der Waals surface area contributed by atoms with Crippen molar-refractivity contribution < 1.29 is 17.4 Å². The number of fused-ring (bicyclic) bond motifs is 2. The summed E-state index contributed by atoms with van der Waals surface area (Å²) >= 11 is 5.82. The lowest BCUT2D eigenvalue weighted by molar-refractivity contribution is 0.463. The van der Waals surface area contributed by atoms with Crippen LogP contribution in [0.2, 0.25) is 0 Å². The molecular formula is C32H24O4S3. The first-order chi connectivity index (χ1) is 18.8. The van der Waals surface area contributed by atoms with E-state index in [1.807, 2.05) is 31.2 Å². The van der Waals surface area contributed by atoms with Crippen LogP contribution in [-0.2, 0) is 21.0 Å². The van der Waals surface area contributed by atoms with Crippen molar-refractivity contribution >= 4 is 55.2 Å². The fourth-order valence-corrected chi connectivity index (χ4v) is 7.05. The van der Waals surface area contributed by atoms with Gasteiger partial charge in [0.15, 0.2) is 14.7 Å². The van der Waals surface area contributed by atoms with Crippen molar-refractivity contribution in [3.05, 3.63) is 137 Å². The predicted molar refractivity (Wildman–Crippen MR) is 159 cm³/mol. The van der Waals surface area contributed by atoms with Crippen molar-refractivity contribution in [2.45, 2.75) is 26.5 Å². The Balaban J connectivity index is 0.000000237. The van der Waals surface area contributed by atoms with E-state index in [2.05, 4.69) is 78.9 Å². The van der Waals surface area contributed by atoms with Gasteiger partial charge in [-0.3, -0.25) is 0 Å². The second-order valence-corrected chi connectivity index (χ2v) is 12.6. The van der Waals surface area contributed by atoms with E-state index in [1.54, 1.807) is 12.1 Å². The summed E-state index contributed by atoms with van der Waals surface area (Å²) < 4.78 is 38.1. The van der Waals surface area contributed by atoms with E-state index in [0.717, 1.165) is 32.0 Å². The summed E-state index contributed by atoms with van der Waals surface area (Å²) in [7, 11) is -4.47. The molecule has 39 heavy (non-hydrogen) atoms. The first kappa shape index (κ1) is 26.8. The second kappa shape index (κ2) is 11.6. The summed E-state index contributed by atoms with van der Waals surface area (Å²) in [5.74, 6) is 0. The molecule has 0 atom stereocenters. The van der Waals surface area contributed by atoms with E-state index in [-0.39, 0.29) is 15.8 Å². The molecule has 0 fully saturated rings. The summed E-state index contributed by atoms with van der Waals surface area (Å²) in [5.41, 5.74) is 2.59. The molecule has 1 heterocycles. The molecule has 5 aromatic carbocycles. The Morgan fingerprint density at radius 2 is 1.18 bits per heavy atom. The highest BCUT2D eigenvalue weighted by Gasteiger charge is 2.28. The van der Waals surface area contributed by atoms with Gasteiger partial charge in [0.25, 0.3) is 0 Å². The topological polar surface area (TPSA) is 70.3 Å². The molecule has 1 aromatic heterocycles. The van der Waals surface area contributed by atoms with Crippen molar-refractivity contribution in [3.63, 3.8) is 0 Å². The molecule has 0 saturated heterocycles. The van der Waals surface area contributed by atoms with Gasteiger partial charge in [-0.15, -0.1) is 0 Å². The maximum Gasteiger partial charge on any atom is 0.167 e. The van der Waals surface area contributed by atoms with Crippen molar-refractivity contribution in [3.8, 4) is 0 Å². The van der Waals surface area contributed by atoms with Gasteiger partial charge in [0.2, 0.25) is 0 Å². The van der Waals surface area contributed by atoms with Crippen LogP contribution in [0.4, 0.5) is 0 Å². The third kappa shape index (κ3) is 6.13. The molecule has 0 aliphatic rings. The zero-order valence-corrected chi connectivity index (χ0v) is 23.4. The van der Waals surface area contributed by atoms with Crippen molar-refractivity contribution in [2.75, 3.05) is 0 Å². The Kier molecular flexibility index (Phi) is 7.95. The third-order valence-electron chi connectivity index (χ3n) is 6.05. The van der Waals surface area contributed by atoms with Crippen LogP contribution < -0.4 is 0 Å². The maximum atomic E-state index is 10.4. The van der Waals surface area contributed by atoms with Crippen LogP contribution in [-0.4, -0.2) is 13.0 Å². The number of aryl methyl sites for hydroxylation is 1. The Bertz CT molecular complexity index is 1860. The lowest BCUT2D eigenvalue weighted by Crippen LogP contribution is -2.04. The van der Waals surface area contributed by atoms with Crippen LogP contribution in [0.25, 0.3) is 21.9 Å². The molecule has 0 N–H and O–H groups in total. The van der Waals surface area contributed by atoms with Gasteiger partial charge < -0.3 is 8.97 Å². The molecule has 4 nitrogen and oxygen atoms in total. The zero-order valence-electron chi connectivity index (χ0n) is 21.0. The van der Waals surface area contributed by atoms with Gasteiger partial charge in [-0.05, 0) is 67.6 Å². The minimum Gasteiger partial charge on any atom is -0.744 e. The Morgan fingerprint density at radius 3 is 1.77 bits per heavy atom. The molecule has 0 aliphatic carbocycles. The predicted octanol–water partition coefficient (Wildman–Crippen LogP) is 8.31. The fraction of sp³-hybridized carbons (Fsp3) is 0.0312. The first-order valence-corrected chi connectivity index (χ1v) is 15.2. The summed E-state index contributed by atoms with van der Waals surface area (Å²) in [6, 6.07) is 41.5. The number of hydrogen-bond acceptors (Lipinski definition) is 5. The second-order valence-electron chi connectivity index (χ2n) is 8.78. The molecule has 0 amide bonds. The van der Waals surface area contributed by atoms with Crippen LogP contribution in [0.3, 0.4) is 0 Å². The Hall–Kier alpha value is -3.75. The molecular weight excluding hydrogens is 545 g/mol. The molecule has 0 unspecified atom stereocenters. The van der Waals surface area contributed by atoms with Gasteiger partial charge in [-0.25, -0.2) is 8.42 Å². The van der Waals surface area contributed by atoms with E-state index >= 15 is 0 Å². The summed E-state index contributed by atoms with van der Waals surface area (Å²) in [4.78, 5) is 3.64. The molecule has 0 radical (unpaired) electrons. The van der Waals surface area contributed by atoms with Crippen LogP contribution in [0.5, 0.6) is 0 Å². The average Bonchev–Trinajstić information content (AvgIpc) is 2.95.